The summed E-state index contributed by atoms with van der Waals surface area (Å²) in [5, 5.41) is 20.9. The Morgan fingerprint density at radius 3 is 2.11 bits per heavy atom. The first-order chi connectivity index (χ1) is 13.4. The van der Waals surface area contributed by atoms with Gasteiger partial charge < -0.3 is 14.6 Å². The predicted octanol–water partition coefficient (Wildman–Crippen LogP) is 4.15. The molecule has 0 aromatic heterocycles. The van der Waals surface area contributed by atoms with Crippen LogP contribution >= 0.6 is 0 Å². The van der Waals surface area contributed by atoms with Gasteiger partial charge in [-0.05, 0) is 48.3 Å². The zero-order valence-electron chi connectivity index (χ0n) is 15.5. The Morgan fingerprint density at radius 1 is 1.00 bits per heavy atom. The van der Waals surface area contributed by atoms with E-state index in [0.717, 1.165) is 0 Å². The van der Waals surface area contributed by atoms with Crippen LogP contribution in [0, 0.1) is 10.1 Å². The Labute approximate surface area is 161 Å². The Kier molecular flexibility index (Phi) is 5.44. The number of allylic oxidation sites excluding steroid dienone is 2. The Morgan fingerprint density at radius 2 is 1.57 bits per heavy atom. The van der Waals surface area contributed by atoms with Gasteiger partial charge in [-0.1, -0.05) is 12.1 Å². The molecule has 0 atom stereocenters. The van der Waals surface area contributed by atoms with E-state index in [1.54, 1.807) is 36.4 Å². The number of non-ortho nitro benzene ring substituents is 1. The van der Waals surface area contributed by atoms with E-state index in [1.807, 2.05) is 0 Å². The van der Waals surface area contributed by atoms with Crippen LogP contribution in [0.1, 0.15) is 24.0 Å². The maximum absolute atomic E-state index is 12.7. The summed E-state index contributed by atoms with van der Waals surface area (Å²) in [4.78, 5) is 23.2. The van der Waals surface area contributed by atoms with Gasteiger partial charge in [-0.25, -0.2) is 0 Å². The zero-order chi connectivity index (χ0) is 20.3. The Balaban J connectivity index is 1.90. The van der Waals surface area contributed by atoms with Crippen molar-refractivity contribution in [1.82, 2.24) is 0 Å². The molecule has 7 heteroatoms. The number of methoxy groups -OCH3 is 2. The number of ketones is 1. The summed E-state index contributed by atoms with van der Waals surface area (Å²) in [7, 11) is 2.87. The molecule has 0 spiro atoms. The van der Waals surface area contributed by atoms with Crippen LogP contribution in [0.15, 0.2) is 47.5 Å². The van der Waals surface area contributed by atoms with Crippen LogP contribution in [0.5, 0.6) is 17.2 Å². The number of nitro benzene ring substituents is 1. The van der Waals surface area contributed by atoms with Crippen molar-refractivity contribution in [1.29, 1.82) is 0 Å². The molecule has 1 saturated carbocycles. The summed E-state index contributed by atoms with van der Waals surface area (Å²) in [5.74, 6) is 0.307. The molecule has 0 bridgehead atoms. The highest BCUT2D eigenvalue weighted by atomic mass is 16.6. The third kappa shape index (κ3) is 3.88. The molecule has 0 amide bonds. The van der Waals surface area contributed by atoms with Crippen LogP contribution in [0.2, 0.25) is 0 Å². The van der Waals surface area contributed by atoms with Gasteiger partial charge in [0, 0.05) is 23.3 Å². The molecule has 2 aromatic carbocycles. The standard InChI is InChI=1S/C21H19NO6/c1-27-18-11-14(12-19(28-2)21(18)24)9-16-7-6-15(20(16)23)8-13-4-3-5-17(10-13)22(25)26/h3-5,8-12,24H,6-7H2,1-2H3/b15-8+,16-9-. The molecule has 2 aromatic rings. The number of carbonyl (C=O) groups is 1. The molecule has 0 heterocycles. The second kappa shape index (κ2) is 7.96. The Bertz CT molecular complexity index is 981. The van der Waals surface area contributed by atoms with E-state index >= 15 is 0 Å². The molecule has 1 N–H and O–H groups in total. The van der Waals surface area contributed by atoms with E-state index in [1.165, 1.54) is 26.4 Å². The second-order valence-electron chi connectivity index (χ2n) is 6.29. The summed E-state index contributed by atoms with van der Waals surface area (Å²) in [6.45, 7) is 0. The van der Waals surface area contributed by atoms with Gasteiger partial charge in [-0.3, -0.25) is 14.9 Å². The summed E-state index contributed by atoms with van der Waals surface area (Å²) in [6, 6.07) is 9.42. The number of hydrogen-bond donors (Lipinski definition) is 1. The maximum atomic E-state index is 12.7. The van der Waals surface area contributed by atoms with Crippen molar-refractivity contribution in [2.45, 2.75) is 12.8 Å². The molecular weight excluding hydrogens is 362 g/mol. The average molecular weight is 381 g/mol. The molecule has 0 unspecified atom stereocenters. The highest BCUT2D eigenvalue weighted by Crippen LogP contribution is 2.38. The number of benzene rings is 2. The summed E-state index contributed by atoms with van der Waals surface area (Å²) in [5.41, 5.74) is 2.49. The largest absolute Gasteiger partial charge is 0.502 e. The van der Waals surface area contributed by atoms with Gasteiger partial charge in [-0.15, -0.1) is 0 Å². The highest BCUT2D eigenvalue weighted by molar-refractivity contribution is 6.15. The lowest BCUT2D eigenvalue weighted by molar-refractivity contribution is -0.384. The van der Waals surface area contributed by atoms with Crippen molar-refractivity contribution in [3.63, 3.8) is 0 Å². The van der Waals surface area contributed by atoms with E-state index in [2.05, 4.69) is 0 Å². The summed E-state index contributed by atoms with van der Waals surface area (Å²) >= 11 is 0. The quantitative estimate of drug-likeness (QED) is 0.475. The molecule has 1 aliphatic rings. The first-order valence-corrected chi connectivity index (χ1v) is 8.58. The van der Waals surface area contributed by atoms with Gasteiger partial charge in [0.1, 0.15) is 0 Å². The molecule has 7 nitrogen and oxygen atoms in total. The maximum Gasteiger partial charge on any atom is 0.270 e. The van der Waals surface area contributed by atoms with Gasteiger partial charge in [0.2, 0.25) is 5.75 Å². The summed E-state index contributed by atoms with van der Waals surface area (Å²) < 4.78 is 10.3. The molecule has 0 saturated heterocycles. The molecule has 0 aliphatic heterocycles. The fraction of sp³-hybridized carbons (Fsp3) is 0.190. The van der Waals surface area contributed by atoms with E-state index in [-0.39, 0.29) is 28.7 Å². The normalized spacial score (nSPS) is 16.6. The minimum Gasteiger partial charge on any atom is -0.502 e. The van der Waals surface area contributed by atoms with E-state index < -0.39 is 4.92 Å². The van der Waals surface area contributed by atoms with Crippen molar-refractivity contribution in [2.24, 2.45) is 0 Å². The van der Waals surface area contributed by atoms with Crippen molar-refractivity contribution >= 4 is 23.6 Å². The predicted molar refractivity (Wildman–Crippen MR) is 105 cm³/mol. The lowest BCUT2D eigenvalue weighted by atomic mass is 10.1. The SMILES string of the molecule is COc1cc(/C=C2/CC/C(=C\c3cccc([N+](=O)[O-])c3)C2=O)cc(OC)c1O. The van der Waals surface area contributed by atoms with Gasteiger partial charge in [-0.2, -0.15) is 0 Å². The number of nitrogens with zero attached hydrogens (tertiary/aromatic N) is 1. The van der Waals surface area contributed by atoms with E-state index in [0.29, 0.717) is 35.1 Å². The topological polar surface area (TPSA) is 98.9 Å². The van der Waals surface area contributed by atoms with Gasteiger partial charge >= 0.3 is 0 Å². The molecule has 144 valence electrons. The third-order valence-electron chi connectivity index (χ3n) is 4.51. The van der Waals surface area contributed by atoms with Gasteiger partial charge in [0.15, 0.2) is 17.3 Å². The smallest absolute Gasteiger partial charge is 0.270 e. The van der Waals surface area contributed by atoms with E-state index in [4.69, 9.17) is 9.47 Å². The van der Waals surface area contributed by atoms with E-state index in [9.17, 15) is 20.0 Å². The number of carbonyl (C=O) groups excluding carboxylic acids is 1. The van der Waals surface area contributed by atoms with Crippen LogP contribution in [-0.2, 0) is 4.79 Å². The number of nitro groups is 1. The number of rotatable bonds is 5. The minimum absolute atomic E-state index is 0.0150. The van der Waals surface area contributed by atoms with Gasteiger partial charge in [0.25, 0.3) is 5.69 Å². The number of aromatic hydroxyl groups is 1. The van der Waals surface area contributed by atoms with Crippen LogP contribution in [0.3, 0.4) is 0 Å². The Hall–Kier alpha value is -3.61. The molecule has 1 fully saturated rings. The lowest BCUT2D eigenvalue weighted by Gasteiger charge is -2.09. The van der Waals surface area contributed by atoms with Crippen molar-refractivity contribution in [3.05, 3.63) is 68.8 Å². The summed E-state index contributed by atoms with van der Waals surface area (Å²) in [6.07, 6.45) is 4.54. The zero-order valence-corrected chi connectivity index (χ0v) is 15.5. The van der Waals surface area contributed by atoms with Crippen molar-refractivity contribution in [2.75, 3.05) is 14.2 Å². The number of hydrogen-bond acceptors (Lipinski definition) is 6. The highest BCUT2D eigenvalue weighted by Gasteiger charge is 2.23. The monoisotopic (exact) mass is 381 g/mol. The molecule has 0 radical (unpaired) electrons. The second-order valence-corrected chi connectivity index (χ2v) is 6.29. The fourth-order valence-corrected chi connectivity index (χ4v) is 3.11. The van der Waals surface area contributed by atoms with Crippen LogP contribution in [-0.4, -0.2) is 30.0 Å². The number of phenols is 1. The molecule has 28 heavy (non-hydrogen) atoms. The lowest BCUT2D eigenvalue weighted by Crippen LogP contribution is -1.96. The van der Waals surface area contributed by atoms with Crippen LogP contribution < -0.4 is 9.47 Å². The third-order valence-corrected chi connectivity index (χ3v) is 4.51. The number of phenolic OH excluding ortho intramolecular Hbond substituents is 1. The van der Waals surface area contributed by atoms with Crippen molar-refractivity contribution in [3.8, 4) is 17.2 Å². The minimum atomic E-state index is -0.463. The first kappa shape index (κ1) is 19.2. The number of ether oxygens (including phenoxy) is 2. The first-order valence-electron chi connectivity index (χ1n) is 8.58. The fourth-order valence-electron chi connectivity index (χ4n) is 3.11. The number of Topliss-reactive ketones (excluding diaryl/α,β-unsaturated/α-hetero) is 1. The molecular formula is C21H19NO6. The molecule has 1 aliphatic carbocycles. The van der Waals surface area contributed by atoms with Crippen LogP contribution in [0.4, 0.5) is 5.69 Å². The van der Waals surface area contributed by atoms with Crippen LogP contribution in [0.25, 0.3) is 12.2 Å². The molecule has 3 rings (SSSR count). The van der Waals surface area contributed by atoms with Gasteiger partial charge in [0.05, 0.1) is 19.1 Å². The van der Waals surface area contributed by atoms with Crippen molar-refractivity contribution < 1.29 is 24.3 Å². The average Bonchev–Trinajstić information content (AvgIpc) is 3.02.